The van der Waals surface area contributed by atoms with Gasteiger partial charge in [0, 0.05) is 12.0 Å². The molecule has 0 radical (unpaired) electrons. The van der Waals surface area contributed by atoms with E-state index in [9.17, 15) is 0 Å². The predicted octanol–water partition coefficient (Wildman–Crippen LogP) is 3.97. The van der Waals surface area contributed by atoms with Crippen molar-refractivity contribution in [2.45, 2.75) is 32.6 Å². The van der Waals surface area contributed by atoms with E-state index >= 15 is 0 Å². The van der Waals surface area contributed by atoms with Crippen LogP contribution in [0.2, 0.25) is 5.02 Å². The maximum absolute atomic E-state index is 5.93. The molecule has 86 valence electrons. The summed E-state index contributed by atoms with van der Waals surface area (Å²) in [6, 6.07) is 3.48. The van der Waals surface area contributed by atoms with Gasteiger partial charge in [-0.1, -0.05) is 31.9 Å². The summed E-state index contributed by atoms with van der Waals surface area (Å²) >= 11 is 5.93. The SMILES string of the molecule is CCCC(C)c1nc2cc(Cl)c(N)cc2o1. The van der Waals surface area contributed by atoms with E-state index in [1.165, 1.54) is 0 Å². The smallest absolute Gasteiger partial charge is 0.198 e. The molecule has 0 aliphatic carbocycles. The van der Waals surface area contributed by atoms with Crippen molar-refractivity contribution in [3.05, 3.63) is 23.0 Å². The lowest BCUT2D eigenvalue weighted by Crippen LogP contribution is -1.91. The molecular formula is C12H15ClN2O. The molecule has 2 N–H and O–H groups in total. The van der Waals surface area contributed by atoms with Crippen molar-refractivity contribution in [3.63, 3.8) is 0 Å². The van der Waals surface area contributed by atoms with Gasteiger partial charge >= 0.3 is 0 Å². The van der Waals surface area contributed by atoms with Crippen LogP contribution in [0.15, 0.2) is 16.5 Å². The zero-order chi connectivity index (χ0) is 11.7. The Balaban J connectivity index is 2.43. The lowest BCUT2D eigenvalue weighted by atomic mass is 10.1. The topological polar surface area (TPSA) is 52.0 Å². The number of halogens is 1. The van der Waals surface area contributed by atoms with Crippen LogP contribution >= 0.6 is 11.6 Å². The molecule has 0 aliphatic rings. The van der Waals surface area contributed by atoms with Crippen molar-refractivity contribution in [2.75, 3.05) is 5.73 Å². The summed E-state index contributed by atoms with van der Waals surface area (Å²) in [6.07, 6.45) is 2.18. The summed E-state index contributed by atoms with van der Waals surface area (Å²) in [7, 11) is 0. The molecule has 16 heavy (non-hydrogen) atoms. The molecule has 3 nitrogen and oxygen atoms in total. The predicted molar refractivity (Wildman–Crippen MR) is 66.8 cm³/mol. The molecule has 0 bridgehead atoms. The first-order chi connectivity index (χ1) is 7.61. The van der Waals surface area contributed by atoms with Crippen LogP contribution in [0.3, 0.4) is 0 Å². The summed E-state index contributed by atoms with van der Waals surface area (Å²) in [5.74, 6) is 1.09. The normalized spacial score (nSPS) is 13.2. The van der Waals surface area contributed by atoms with Crippen LogP contribution in [0, 0.1) is 0 Å². The molecule has 1 heterocycles. The Morgan fingerprint density at radius 1 is 1.50 bits per heavy atom. The van der Waals surface area contributed by atoms with E-state index in [1.807, 2.05) is 0 Å². The number of benzene rings is 1. The number of nitrogens with zero attached hydrogens (tertiary/aromatic N) is 1. The van der Waals surface area contributed by atoms with Gasteiger partial charge in [-0.2, -0.15) is 0 Å². The molecule has 1 aromatic heterocycles. The zero-order valence-corrected chi connectivity index (χ0v) is 10.2. The van der Waals surface area contributed by atoms with Crippen molar-refractivity contribution in [1.82, 2.24) is 4.98 Å². The molecule has 0 spiro atoms. The third-order valence-corrected chi connectivity index (χ3v) is 2.99. The van der Waals surface area contributed by atoms with Crippen LogP contribution in [0.5, 0.6) is 0 Å². The Morgan fingerprint density at radius 2 is 2.25 bits per heavy atom. The highest BCUT2D eigenvalue weighted by atomic mass is 35.5. The Morgan fingerprint density at radius 3 is 2.94 bits per heavy atom. The van der Waals surface area contributed by atoms with Crippen LogP contribution in [-0.2, 0) is 0 Å². The van der Waals surface area contributed by atoms with E-state index in [-0.39, 0.29) is 0 Å². The quantitative estimate of drug-likeness (QED) is 0.824. The zero-order valence-electron chi connectivity index (χ0n) is 9.46. The lowest BCUT2D eigenvalue weighted by Gasteiger charge is -2.02. The molecule has 0 amide bonds. The third kappa shape index (κ3) is 2.00. The highest BCUT2D eigenvalue weighted by Crippen LogP contribution is 2.29. The van der Waals surface area contributed by atoms with Gasteiger partial charge in [0.15, 0.2) is 11.5 Å². The largest absolute Gasteiger partial charge is 0.440 e. The molecule has 0 saturated heterocycles. The summed E-state index contributed by atoms with van der Waals surface area (Å²) in [4.78, 5) is 4.43. The monoisotopic (exact) mass is 238 g/mol. The first kappa shape index (κ1) is 11.3. The Kier molecular flexibility index (Phi) is 3.06. The molecule has 2 rings (SSSR count). The summed E-state index contributed by atoms with van der Waals surface area (Å²) in [6.45, 7) is 4.26. The van der Waals surface area contributed by atoms with Crippen molar-refractivity contribution >= 4 is 28.4 Å². The number of hydrogen-bond donors (Lipinski definition) is 1. The van der Waals surface area contributed by atoms with E-state index in [1.54, 1.807) is 12.1 Å². The third-order valence-electron chi connectivity index (χ3n) is 2.67. The molecular weight excluding hydrogens is 224 g/mol. The number of anilines is 1. The minimum absolute atomic E-state index is 0.331. The highest BCUT2D eigenvalue weighted by Gasteiger charge is 2.13. The van der Waals surface area contributed by atoms with Crippen LogP contribution < -0.4 is 5.73 Å². The van der Waals surface area contributed by atoms with Crippen molar-refractivity contribution in [1.29, 1.82) is 0 Å². The maximum atomic E-state index is 5.93. The fraction of sp³-hybridized carbons (Fsp3) is 0.417. The number of nitrogens with two attached hydrogens (primary N) is 1. The fourth-order valence-corrected chi connectivity index (χ4v) is 1.91. The van der Waals surface area contributed by atoms with E-state index in [2.05, 4.69) is 18.8 Å². The van der Waals surface area contributed by atoms with Crippen molar-refractivity contribution < 1.29 is 4.42 Å². The maximum Gasteiger partial charge on any atom is 0.198 e. The summed E-state index contributed by atoms with van der Waals surface area (Å²) < 4.78 is 5.67. The van der Waals surface area contributed by atoms with Gasteiger partial charge in [-0.25, -0.2) is 4.98 Å². The minimum Gasteiger partial charge on any atom is -0.440 e. The van der Waals surface area contributed by atoms with Crippen LogP contribution in [0.25, 0.3) is 11.1 Å². The van der Waals surface area contributed by atoms with E-state index in [4.69, 9.17) is 21.8 Å². The molecule has 0 aliphatic heterocycles. The Hall–Kier alpha value is -1.22. The van der Waals surface area contributed by atoms with Gasteiger partial charge in [-0.15, -0.1) is 0 Å². The Bertz CT molecular complexity index is 468. The number of hydrogen-bond acceptors (Lipinski definition) is 3. The number of oxazole rings is 1. The minimum atomic E-state index is 0.331. The van der Waals surface area contributed by atoms with E-state index < -0.39 is 0 Å². The lowest BCUT2D eigenvalue weighted by molar-refractivity contribution is 0.468. The average Bonchev–Trinajstić information content (AvgIpc) is 2.62. The first-order valence-corrected chi connectivity index (χ1v) is 5.85. The van der Waals surface area contributed by atoms with Crippen LogP contribution in [-0.4, -0.2) is 4.98 Å². The average molecular weight is 239 g/mol. The summed E-state index contributed by atoms with van der Waals surface area (Å²) in [5, 5.41) is 0.524. The Labute approximate surface area is 99.6 Å². The number of aromatic nitrogens is 1. The number of fused-ring (bicyclic) bond motifs is 1. The fourth-order valence-electron chi connectivity index (χ4n) is 1.75. The molecule has 1 unspecified atom stereocenters. The second-order valence-corrected chi connectivity index (χ2v) is 4.49. The molecule has 4 heteroatoms. The second kappa shape index (κ2) is 4.34. The van der Waals surface area contributed by atoms with Crippen molar-refractivity contribution in [2.24, 2.45) is 0 Å². The van der Waals surface area contributed by atoms with Gasteiger partial charge in [-0.3, -0.25) is 0 Å². The standard InChI is InChI=1S/C12H15ClN2O/c1-3-4-7(2)12-15-10-5-8(13)9(14)6-11(10)16-12/h5-7H,3-4,14H2,1-2H3. The first-order valence-electron chi connectivity index (χ1n) is 5.47. The van der Waals surface area contributed by atoms with Crippen LogP contribution in [0.4, 0.5) is 5.69 Å². The molecule has 2 aromatic rings. The highest BCUT2D eigenvalue weighted by molar-refractivity contribution is 6.33. The molecule has 0 saturated carbocycles. The second-order valence-electron chi connectivity index (χ2n) is 4.08. The van der Waals surface area contributed by atoms with Crippen LogP contribution in [0.1, 0.15) is 38.5 Å². The number of rotatable bonds is 3. The van der Waals surface area contributed by atoms with E-state index in [0.29, 0.717) is 22.2 Å². The molecule has 1 aromatic carbocycles. The van der Waals surface area contributed by atoms with Gasteiger partial charge in [0.1, 0.15) is 5.52 Å². The van der Waals surface area contributed by atoms with Gasteiger partial charge in [0.2, 0.25) is 0 Å². The summed E-state index contributed by atoms with van der Waals surface area (Å²) in [5.41, 5.74) is 7.72. The molecule has 1 atom stereocenters. The van der Waals surface area contributed by atoms with Gasteiger partial charge < -0.3 is 10.2 Å². The molecule has 0 fully saturated rings. The van der Waals surface area contributed by atoms with Crippen molar-refractivity contribution in [3.8, 4) is 0 Å². The number of nitrogen functional groups attached to an aromatic ring is 1. The van der Waals surface area contributed by atoms with E-state index in [0.717, 1.165) is 24.2 Å². The van der Waals surface area contributed by atoms with Gasteiger partial charge in [0.05, 0.1) is 10.7 Å². The van der Waals surface area contributed by atoms with Gasteiger partial charge in [0.25, 0.3) is 0 Å². The van der Waals surface area contributed by atoms with Gasteiger partial charge in [-0.05, 0) is 12.5 Å².